The van der Waals surface area contributed by atoms with E-state index in [0.717, 1.165) is 23.5 Å². The molecule has 1 aliphatic rings. The second-order valence-electron chi connectivity index (χ2n) is 9.34. The van der Waals surface area contributed by atoms with Gasteiger partial charge in [0.25, 0.3) is 0 Å². The Hall–Kier alpha value is -2.27. The van der Waals surface area contributed by atoms with Gasteiger partial charge in [0.15, 0.2) is 0 Å². The Bertz CT molecular complexity index is 827. The first-order valence-corrected chi connectivity index (χ1v) is 12.9. The van der Waals surface area contributed by atoms with Gasteiger partial charge in [-0.2, -0.15) is 5.26 Å². The predicted molar refractivity (Wildman–Crippen MR) is 135 cm³/mol. The van der Waals surface area contributed by atoms with Gasteiger partial charge >= 0.3 is 0 Å². The molecule has 2 aromatic rings. The van der Waals surface area contributed by atoms with E-state index >= 15 is 0 Å². The monoisotopic (exact) mass is 430 g/mol. The highest BCUT2D eigenvalue weighted by Crippen LogP contribution is 2.29. The molecule has 0 atom stereocenters. The molecule has 0 spiro atoms. The number of hydrogen-bond acceptors (Lipinski definition) is 2. The summed E-state index contributed by atoms with van der Waals surface area (Å²) < 4.78 is 5.93. The number of ether oxygens (including phenoxy) is 1. The van der Waals surface area contributed by atoms with Crippen molar-refractivity contribution in [3.05, 3.63) is 60.0 Å². The molecule has 3 rings (SSSR count). The molecule has 1 saturated carbocycles. The molecule has 171 valence electrons. The fraction of sp³-hybridized carbons (Fsp3) is 0.533. The van der Waals surface area contributed by atoms with Gasteiger partial charge in [0.1, 0.15) is 11.8 Å². The largest absolute Gasteiger partial charge is 0.492 e. The van der Waals surface area contributed by atoms with Gasteiger partial charge in [-0.05, 0) is 73.3 Å². The van der Waals surface area contributed by atoms with E-state index in [2.05, 4.69) is 49.7 Å². The average Bonchev–Trinajstić information content (AvgIpc) is 2.85. The lowest BCUT2D eigenvalue weighted by molar-refractivity contribution is 0.303. The Kier molecular flexibility index (Phi) is 10.7. The third-order valence-electron chi connectivity index (χ3n) is 6.79. The van der Waals surface area contributed by atoms with Crippen LogP contribution < -0.4 is 4.74 Å². The van der Waals surface area contributed by atoms with Crippen molar-refractivity contribution in [3.63, 3.8) is 0 Å². The topological polar surface area (TPSA) is 33.0 Å². The van der Waals surface area contributed by atoms with Crippen molar-refractivity contribution in [1.82, 2.24) is 0 Å². The molecule has 1 aliphatic carbocycles. The quantitative estimate of drug-likeness (QED) is 0.298. The van der Waals surface area contributed by atoms with Crippen LogP contribution in [0.15, 0.2) is 42.5 Å². The maximum atomic E-state index is 9.62. The summed E-state index contributed by atoms with van der Waals surface area (Å²) in [6.45, 7) is 2.94. The van der Waals surface area contributed by atoms with Crippen LogP contribution >= 0.6 is 0 Å². The highest BCUT2D eigenvalue weighted by atomic mass is 16.5. The van der Waals surface area contributed by atoms with Crippen LogP contribution in [-0.4, -0.2) is 6.61 Å². The van der Waals surface area contributed by atoms with Crippen molar-refractivity contribution in [2.75, 3.05) is 6.61 Å². The van der Waals surface area contributed by atoms with Crippen molar-refractivity contribution in [3.8, 4) is 22.9 Å². The van der Waals surface area contributed by atoms with Crippen molar-refractivity contribution < 1.29 is 4.74 Å². The first-order chi connectivity index (χ1) is 15.8. The molecule has 2 nitrogen and oxygen atoms in total. The minimum absolute atomic E-state index is 0.628. The fourth-order valence-corrected chi connectivity index (χ4v) is 4.68. The molecule has 0 amide bonds. The maximum absolute atomic E-state index is 9.62. The zero-order valence-corrected chi connectivity index (χ0v) is 20.0. The molecule has 1 fully saturated rings. The number of benzene rings is 2. The van der Waals surface area contributed by atoms with Crippen molar-refractivity contribution in [1.29, 1.82) is 5.26 Å². The molecule has 0 bridgehead atoms. The van der Waals surface area contributed by atoms with Crippen LogP contribution in [0.1, 0.15) is 95.1 Å². The van der Waals surface area contributed by atoms with Gasteiger partial charge in [-0.25, -0.2) is 0 Å². The van der Waals surface area contributed by atoms with Crippen molar-refractivity contribution in [2.24, 2.45) is 5.92 Å². The lowest BCUT2D eigenvalue weighted by atomic mass is 9.85. The second-order valence-corrected chi connectivity index (χ2v) is 9.34. The molecule has 0 saturated heterocycles. The van der Waals surface area contributed by atoms with Gasteiger partial charge in [0.05, 0.1) is 12.2 Å². The molecule has 0 N–H and O–H groups in total. The molecule has 0 aromatic heterocycles. The summed E-state index contributed by atoms with van der Waals surface area (Å²) in [5, 5.41) is 9.62. The summed E-state index contributed by atoms with van der Waals surface area (Å²) in [6, 6.07) is 17.2. The van der Waals surface area contributed by atoms with E-state index in [1.54, 1.807) is 0 Å². The summed E-state index contributed by atoms with van der Waals surface area (Å²) in [7, 11) is 0. The first-order valence-electron chi connectivity index (χ1n) is 12.9. The van der Waals surface area contributed by atoms with Gasteiger partial charge in [-0.1, -0.05) is 88.6 Å². The van der Waals surface area contributed by atoms with Crippen LogP contribution in [0.25, 0.3) is 11.1 Å². The fourth-order valence-electron chi connectivity index (χ4n) is 4.68. The SMILES string of the molecule is CCCCCCCCCOc1ccc(-c2ccc(CCC3CC[CH]CC3)cc2)cc1C#N. The Morgan fingerprint density at radius 3 is 2.28 bits per heavy atom. The molecular weight excluding hydrogens is 390 g/mol. The summed E-state index contributed by atoms with van der Waals surface area (Å²) in [5.41, 5.74) is 4.29. The molecule has 2 aromatic carbocycles. The van der Waals surface area contributed by atoms with Crippen LogP contribution in [0.4, 0.5) is 0 Å². The van der Waals surface area contributed by atoms with Crippen molar-refractivity contribution in [2.45, 2.75) is 90.4 Å². The summed E-state index contributed by atoms with van der Waals surface area (Å²) in [6.07, 6.45) is 19.1. The minimum atomic E-state index is 0.628. The molecule has 0 aliphatic heterocycles. The Morgan fingerprint density at radius 2 is 1.56 bits per heavy atom. The van der Waals surface area contributed by atoms with Gasteiger partial charge in [-0.15, -0.1) is 0 Å². The van der Waals surface area contributed by atoms with E-state index in [9.17, 15) is 5.26 Å². The third-order valence-corrected chi connectivity index (χ3v) is 6.79. The van der Waals surface area contributed by atoms with E-state index in [-0.39, 0.29) is 0 Å². The van der Waals surface area contributed by atoms with Gasteiger partial charge in [0.2, 0.25) is 0 Å². The molecular formula is C30H40NO. The van der Waals surface area contributed by atoms with Crippen LogP contribution in [-0.2, 0) is 6.42 Å². The van der Waals surface area contributed by atoms with Crippen LogP contribution in [0.3, 0.4) is 0 Å². The number of hydrogen-bond donors (Lipinski definition) is 0. The smallest absolute Gasteiger partial charge is 0.137 e. The lowest BCUT2D eigenvalue weighted by Gasteiger charge is -2.21. The minimum Gasteiger partial charge on any atom is -0.492 e. The van der Waals surface area contributed by atoms with Gasteiger partial charge < -0.3 is 4.74 Å². The number of rotatable bonds is 13. The average molecular weight is 431 g/mol. The van der Waals surface area contributed by atoms with Crippen molar-refractivity contribution >= 4 is 0 Å². The molecule has 0 unspecified atom stereocenters. The summed E-state index contributed by atoms with van der Waals surface area (Å²) in [5.74, 6) is 1.61. The molecule has 32 heavy (non-hydrogen) atoms. The van der Waals surface area contributed by atoms with E-state index in [1.165, 1.54) is 82.6 Å². The van der Waals surface area contributed by atoms with Gasteiger partial charge in [0, 0.05) is 0 Å². The Morgan fingerprint density at radius 1 is 0.875 bits per heavy atom. The lowest BCUT2D eigenvalue weighted by Crippen LogP contribution is -2.07. The van der Waals surface area contributed by atoms with Crippen LogP contribution in [0.2, 0.25) is 0 Å². The Balaban J connectivity index is 1.47. The number of nitrogens with zero attached hydrogens (tertiary/aromatic N) is 1. The molecule has 0 heterocycles. The Labute approximate surface area is 196 Å². The molecule has 1 radical (unpaired) electrons. The van der Waals surface area contributed by atoms with E-state index in [4.69, 9.17) is 4.74 Å². The normalized spacial score (nSPS) is 14.2. The van der Waals surface area contributed by atoms with E-state index in [1.807, 2.05) is 12.1 Å². The number of nitriles is 1. The van der Waals surface area contributed by atoms with E-state index < -0.39 is 0 Å². The standard InChI is InChI=1S/C30H40NO/c1-2-3-4-5-6-7-11-22-32-30-21-20-28(23-29(30)24-31)27-18-16-26(17-19-27)15-14-25-12-9-8-10-13-25/h8,16-21,23,25H,2-7,9-15,22H2,1H3. The maximum Gasteiger partial charge on any atom is 0.137 e. The zero-order chi connectivity index (χ0) is 22.4. The predicted octanol–water partition coefficient (Wildman–Crippen LogP) is 8.68. The number of aryl methyl sites for hydroxylation is 1. The van der Waals surface area contributed by atoms with Crippen LogP contribution in [0.5, 0.6) is 5.75 Å². The summed E-state index contributed by atoms with van der Waals surface area (Å²) >= 11 is 0. The van der Waals surface area contributed by atoms with Gasteiger partial charge in [-0.3, -0.25) is 0 Å². The first kappa shape index (κ1) is 24.4. The van der Waals surface area contributed by atoms with Crippen LogP contribution in [0, 0.1) is 23.7 Å². The highest BCUT2D eigenvalue weighted by Gasteiger charge is 2.13. The third kappa shape index (κ3) is 8.01. The number of unbranched alkanes of at least 4 members (excludes halogenated alkanes) is 6. The molecule has 2 heteroatoms. The van der Waals surface area contributed by atoms with E-state index in [0.29, 0.717) is 17.9 Å². The highest BCUT2D eigenvalue weighted by molar-refractivity contribution is 5.67. The summed E-state index contributed by atoms with van der Waals surface area (Å²) in [4.78, 5) is 0. The second kappa shape index (κ2) is 14.0. The zero-order valence-electron chi connectivity index (χ0n) is 20.0.